The summed E-state index contributed by atoms with van der Waals surface area (Å²) in [6.45, 7) is 5.74. The molecule has 0 bridgehead atoms. The van der Waals surface area contributed by atoms with Crippen molar-refractivity contribution in [1.82, 2.24) is 15.3 Å². The molecule has 0 aromatic carbocycles. The molecule has 0 atom stereocenters. The van der Waals surface area contributed by atoms with Crippen LogP contribution in [0.3, 0.4) is 0 Å². The molecule has 0 saturated heterocycles. The Bertz CT molecular complexity index is 450. The molecule has 0 spiro atoms. The Balaban J connectivity index is 2.54. The summed E-state index contributed by atoms with van der Waals surface area (Å²) in [5.41, 5.74) is 5.45. The van der Waals surface area contributed by atoms with Crippen LogP contribution in [0.2, 0.25) is 0 Å². The van der Waals surface area contributed by atoms with Gasteiger partial charge in [0.25, 0.3) is 0 Å². The highest BCUT2D eigenvalue weighted by atomic mass is 16.2. The Morgan fingerprint density at radius 1 is 1.21 bits per heavy atom. The first-order chi connectivity index (χ1) is 8.82. The number of nitrogens with zero attached hydrogens (tertiary/aromatic N) is 2. The fourth-order valence-corrected chi connectivity index (χ4v) is 1.24. The largest absolute Gasteiger partial charge is 0.346 e. The van der Waals surface area contributed by atoms with Crippen LogP contribution in [0.4, 0.5) is 5.69 Å². The van der Waals surface area contributed by atoms with Crippen molar-refractivity contribution in [2.45, 2.75) is 26.2 Å². The molecule has 1 rings (SSSR count). The predicted octanol–water partition coefficient (Wildman–Crippen LogP) is -0.212. The third kappa shape index (κ3) is 5.01. The zero-order valence-corrected chi connectivity index (χ0v) is 11.4. The van der Waals surface area contributed by atoms with Crippen LogP contribution in [0.15, 0.2) is 12.4 Å². The molecule has 0 aliphatic rings. The second-order valence-electron chi connectivity index (χ2n) is 5.07. The van der Waals surface area contributed by atoms with E-state index in [-0.39, 0.29) is 30.3 Å². The summed E-state index contributed by atoms with van der Waals surface area (Å²) >= 11 is 0. The molecule has 104 valence electrons. The molecular formula is C12H19N5O2. The van der Waals surface area contributed by atoms with Gasteiger partial charge in [0.1, 0.15) is 5.82 Å². The highest BCUT2D eigenvalue weighted by Crippen LogP contribution is 2.17. The lowest BCUT2D eigenvalue weighted by atomic mass is 9.96. The molecule has 1 heterocycles. The average Bonchev–Trinajstić information content (AvgIpc) is 2.35. The minimum Gasteiger partial charge on any atom is -0.346 e. The van der Waals surface area contributed by atoms with Gasteiger partial charge in [-0.05, 0) is 0 Å². The topological polar surface area (TPSA) is 110 Å². The summed E-state index contributed by atoms with van der Waals surface area (Å²) in [6.07, 6.45) is 3.08. The predicted molar refractivity (Wildman–Crippen MR) is 71.4 cm³/mol. The number of nitrogens with two attached hydrogens (primary N) is 1. The number of carbonyl (C=O) groups excluding carboxylic acids is 2. The van der Waals surface area contributed by atoms with Crippen molar-refractivity contribution in [3.05, 3.63) is 18.2 Å². The number of rotatable bonds is 4. The Morgan fingerprint density at radius 2 is 1.79 bits per heavy atom. The van der Waals surface area contributed by atoms with Crippen LogP contribution in [0.1, 0.15) is 26.6 Å². The van der Waals surface area contributed by atoms with Gasteiger partial charge in [-0.1, -0.05) is 20.8 Å². The van der Waals surface area contributed by atoms with E-state index >= 15 is 0 Å². The molecule has 0 aliphatic heterocycles. The van der Waals surface area contributed by atoms with E-state index in [0.29, 0.717) is 11.5 Å². The van der Waals surface area contributed by atoms with E-state index in [1.54, 1.807) is 0 Å². The second kappa shape index (κ2) is 6.24. The number of aromatic nitrogens is 2. The van der Waals surface area contributed by atoms with Gasteiger partial charge in [0.15, 0.2) is 0 Å². The van der Waals surface area contributed by atoms with Gasteiger partial charge in [0.2, 0.25) is 11.8 Å². The van der Waals surface area contributed by atoms with E-state index in [2.05, 4.69) is 20.6 Å². The highest BCUT2D eigenvalue weighted by molar-refractivity contribution is 5.94. The lowest BCUT2D eigenvalue weighted by molar-refractivity contribution is -0.123. The fraction of sp³-hybridized carbons (Fsp3) is 0.500. The van der Waals surface area contributed by atoms with Crippen LogP contribution in [0.25, 0.3) is 0 Å². The van der Waals surface area contributed by atoms with Crippen molar-refractivity contribution in [2.24, 2.45) is 5.73 Å². The van der Waals surface area contributed by atoms with E-state index < -0.39 is 0 Å². The van der Waals surface area contributed by atoms with Gasteiger partial charge >= 0.3 is 0 Å². The Kier molecular flexibility index (Phi) is 4.94. The molecule has 4 N–H and O–H groups in total. The van der Waals surface area contributed by atoms with E-state index in [1.807, 2.05) is 20.8 Å². The van der Waals surface area contributed by atoms with Crippen LogP contribution in [0.5, 0.6) is 0 Å². The van der Waals surface area contributed by atoms with Crippen LogP contribution in [-0.2, 0) is 15.0 Å². The minimum atomic E-state index is -0.380. The van der Waals surface area contributed by atoms with Gasteiger partial charge in [-0.3, -0.25) is 9.59 Å². The maximum Gasteiger partial charge on any atom is 0.243 e. The van der Waals surface area contributed by atoms with E-state index in [0.717, 1.165) is 0 Å². The molecule has 0 aliphatic carbocycles. The summed E-state index contributed by atoms with van der Waals surface area (Å²) in [4.78, 5) is 30.7. The van der Waals surface area contributed by atoms with Gasteiger partial charge in [0, 0.05) is 5.41 Å². The van der Waals surface area contributed by atoms with E-state index in [1.165, 1.54) is 12.4 Å². The van der Waals surface area contributed by atoms with Crippen LogP contribution >= 0.6 is 0 Å². The van der Waals surface area contributed by atoms with Crippen molar-refractivity contribution in [3.63, 3.8) is 0 Å². The molecule has 7 nitrogen and oxygen atoms in total. The van der Waals surface area contributed by atoms with Crippen LogP contribution in [0, 0.1) is 0 Å². The molecule has 0 saturated carbocycles. The maximum atomic E-state index is 11.5. The summed E-state index contributed by atoms with van der Waals surface area (Å²) in [7, 11) is 0. The molecule has 0 unspecified atom stereocenters. The van der Waals surface area contributed by atoms with Gasteiger partial charge in [-0.25, -0.2) is 9.97 Å². The zero-order chi connectivity index (χ0) is 14.5. The molecule has 1 aromatic rings. The maximum absolute atomic E-state index is 11.5. The zero-order valence-electron chi connectivity index (χ0n) is 11.4. The SMILES string of the molecule is CC(C)(C)c1ncc(NC(=O)CNC(=O)CN)cn1. The van der Waals surface area contributed by atoms with Gasteiger partial charge in [-0.15, -0.1) is 0 Å². The number of hydrogen-bond acceptors (Lipinski definition) is 5. The van der Waals surface area contributed by atoms with Crippen molar-refractivity contribution >= 4 is 17.5 Å². The number of amides is 2. The molecule has 2 amide bonds. The summed E-state index contributed by atoms with van der Waals surface area (Å²) in [6, 6.07) is 0. The quantitative estimate of drug-likeness (QED) is 0.697. The van der Waals surface area contributed by atoms with Crippen molar-refractivity contribution in [1.29, 1.82) is 0 Å². The van der Waals surface area contributed by atoms with Crippen molar-refractivity contribution in [3.8, 4) is 0 Å². The number of carbonyl (C=O) groups is 2. The van der Waals surface area contributed by atoms with Crippen LogP contribution in [-0.4, -0.2) is 34.9 Å². The number of anilines is 1. The Hall–Kier alpha value is -2.02. The average molecular weight is 265 g/mol. The molecule has 19 heavy (non-hydrogen) atoms. The molecule has 0 radical (unpaired) electrons. The standard InChI is InChI=1S/C12H19N5O2/c1-12(2,3)11-15-5-8(6-16-11)17-10(19)7-14-9(18)4-13/h5-6H,4,7,13H2,1-3H3,(H,14,18)(H,17,19). The molecule has 7 heteroatoms. The molecule has 0 fully saturated rings. The first-order valence-corrected chi connectivity index (χ1v) is 5.92. The molecule has 1 aromatic heterocycles. The smallest absolute Gasteiger partial charge is 0.243 e. The van der Waals surface area contributed by atoms with Gasteiger partial charge in [-0.2, -0.15) is 0 Å². The van der Waals surface area contributed by atoms with Crippen LogP contribution < -0.4 is 16.4 Å². The van der Waals surface area contributed by atoms with Crippen molar-refractivity contribution in [2.75, 3.05) is 18.4 Å². The normalized spacial score (nSPS) is 10.9. The highest BCUT2D eigenvalue weighted by Gasteiger charge is 2.16. The Labute approximate surface area is 112 Å². The number of nitrogens with one attached hydrogen (secondary N) is 2. The summed E-state index contributed by atoms with van der Waals surface area (Å²) in [5, 5.41) is 4.95. The monoisotopic (exact) mass is 265 g/mol. The van der Waals surface area contributed by atoms with E-state index in [9.17, 15) is 9.59 Å². The third-order valence-electron chi connectivity index (χ3n) is 2.24. The van der Waals surface area contributed by atoms with E-state index in [4.69, 9.17) is 5.73 Å². The van der Waals surface area contributed by atoms with Gasteiger partial charge < -0.3 is 16.4 Å². The molecular weight excluding hydrogens is 246 g/mol. The summed E-state index contributed by atoms with van der Waals surface area (Å²) < 4.78 is 0. The first-order valence-electron chi connectivity index (χ1n) is 5.92. The second-order valence-corrected chi connectivity index (χ2v) is 5.07. The van der Waals surface area contributed by atoms with Crippen molar-refractivity contribution < 1.29 is 9.59 Å². The third-order valence-corrected chi connectivity index (χ3v) is 2.24. The lowest BCUT2D eigenvalue weighted by Crippen LogP contribution is -2.36. The number of hydrogen-bond donors (Lipinski definition) is 3. The summed E-state index contributed by atoms with van der Waals surface area (Å²) in [5.74, 6) is -0.0367. The Morgan fingerprint density at radius 3 is 2.26 bits per heavy atom. The van der Waals surface area contributed by atoms with Gasteiger partial charge in [0.05, 0.1) is 31.2 Å². The lowest BCUT2D eigenvalue weighted by Gasteiger charge is -2.16. The minimum absolute atomic E-state index is 0.128. The first kappa shape index (κ1) is 15.0. The fourth-order valence-electron chi connectivity index (χ4n) is 1.24.